The standard InChI is InChI=1S/C11H15NO2/c1-7-3-4-9(5-8(7)2)11(14)10(13)6-12/h3-5,10,13H,6,12H2,1-2H3. The molecular weight excluding hydrogens is 178 g/mol. The highest BCUT2D eigenvalue weighted by Crippen LogP contribution is 2.11. The lowest BCUT2D eigenvalue weighted by atomic mass is 10.0. The van der Waals surface area contributed by atoms with Gasteiger partial charge >= 0.3 is 0 Å². The first kappa shape index (κ1) is 10.9. The average Bonchev–Trinajstić information content (AvgIpc) is 2.20. The van der Waals surface area contributed by atoms with Gasteiger partial charge in [0.15, 0.2) is 5.78 Å². The van der Waals surface area contributed by atoms with Crippen molar-refractivity contribution in [3.05, 3.63) is 34.9 Å². The number of Topliss-reactive ketones (excluding diaryl/α,β-unsaturated/α-hetero) is 1. The van der Waals surface area contributed by atoms with Crippen LogP contribution in [0.3, 0.4) is 0 Å². The lowest BCUT2D eigenvalue weighted by molar-refractivity contribution is 0.0763. The van der Waals surface area contributed by atoms with Gasteiger partial charge in [-0.2, -0.15) is 0 Å². The van der Waals surface area contributed by atoms with Gasteiger partial charge in [-0.05, 0) is 31.0 Å². The van der Waals surface area contributed by atoms with Gasteiger partial charge in [-0.3, -0.25) is 4.79 Å². The first-order chi connectivity index (χ1) is 6.56. The van der Waals surface area contributed by atoms with Crippen molar-refractivity contribution in [3.8, 4) is 0 Å². The molecule has 0 saturated heterocycles. The zero-order chi connectivity index (χ0) is 10.7. The number of benzene rings is 1. The van der Waals surface area contributed by atoms with E-state index in [-0.39, 0.29) is 12.3 Å². The SMILES string of the molecule is Cc1ccc(C(=O)C(O)CN)cc1C. The lowest BCUT2D eigenvalue weighted by Crippen LogP contribution is -2.29. The maximum absolute atomic E-state index is 11.5. The molecule has 76 valence electrons. The summed E-state index contributed by atoms with van der Waals surface area (Å²) < 4.78 is 0. The van der Waals surface area contributed by atoms with Gasteiger partial charge in [-0.1, -0.05) is 12.1 Å². The van der Waals surface area contributed by atoms with Gasteiger partial charge in [0.1, 0.15) is 6.10 Å². The highest BCUT2D eigenvalue weighted by molar-refractivity contribution is 5.99. The smallest absolute Gasteiger partial charge is 0.192 e. The normalized spacial score (nSPS) is 12.6. The van der Waals surface area contributed by atoms with E-state index in [1.54, 1.807) is 12.1 Å². The van der Waals surface area contributed by atoms with Crippen molar-refractivity contribution in [1.29, 1.82) is 0 Å². The van der Waals surface area contributed by atoms with Crippen LogP contribution in [0.5, 0.6) is 0 Å². The lowest BCUT2D eigenvalue weighted by Gasteiger charge is -2.08. The highest BCUT2D eigenvalue weighted by Gasteiger charge is 2.15. The van der Waals surface area contributed by atoms with E-state index in [2.05, 4.69) is 0 Å². The largest absolute Gasteiger partial charge is 0.384 e. The monoisotopic (exact) mass is 193 g/mol. The molecule has 0 fully saturated rings. The Kier molecular flexibility index (Phi) is 3.38. The van der Waals surface area contributed by atoms with Crippen molar-refractivity contribution in [2.24, 2.45) is 5.73 Å². The van der Waals surface area contributed by atoms with Gasteiger partial charge in [0.2, 0.25) is 0 Å². The van der Waals surface area contributed by atoms with E-state index >= 15 is 0 Å². The summed E-state index contributed by atoms with van der Waals surface area (Å²) in [6, 6.07) is 5.35. The Balaban J connectivity index is 2.97. The summed E-state index contributed by atoms with van der Waals surface area (Å²) in [6.07, 6.45) is -1.09. The summed E-state index contributed by atoms with van der Waals surface area (Å²) in [5, 5.41) is 9.27. The fraction of sp³-hybridized carbons (Fsp3) is 0.364. The maximum Gasteiger partial charge on any atom is 0.192 e. The minimum atomic E-state index is -1.09. The molecule has 0 heterocycles. The van der Waals surface area contributed by atoms with Crippen LogP contribution >= 0.6 is 0 Å². The van der Waals surface area contributed by atoms with Crippen molar-refractivity contribution in [2.75, 3.05) is 6.54 Å². The second kappa shape index (κ2) is 4.35. The number of carbonyl (C=O) groups excluding carboxylic acids is 1. The van der Waals surface area contributed by atoms with E-state index < -0.39 is 6.10 Å². The van der Waals surface area contributed by atoms with E-state index in [9.17, 15) is 9.90 Å². The third kappa shape index (κ3) is 2.19. The summed E-state index contributed by atoms with van der Waals surface area (Å²) in [6.45, 7) is 3.87. The first-order valence-corrected chi connectivity index (χ1v) is 4.56. The van der Waals surface area contributed by atoms with E-state index in [0.29, 0.717) is 5.56 Å². The van der Waals surface area contributed by atoms with Crippen LogP contribution in [-0.2, 0) is 0 Å². The van der Waals surface area contributed by atoms with Gasteiger partial charge in [0.25, 0.3) is 0 Å². The molecule has 0 aliphatic rings. The quantitative estimate of drug-likeness (QED) is 0.698. The van der Waals surface area contributed by atoms with E-state index in [1.807, 2.05) is 19.9 Å². The van der Waals surface area contributed by atoms with Gasteiger partial charge in [-0.15, -0.1) is 0 Å². The number of aryl methyl sites for hydroxylation is 2. The van der Waals surface area contributed by atoms with Crippen LogP contribution in [-0.4, -0.2) is 23.5 Å². The van der Waals surface area contributed by atoms with Crippen LogP contribution in [0.25, 0.3) is 0 Å². The Bertz CT molecular complexity index is 347. The second-order valence-electron chi connectivity index (χ2n) is 3.41. The molecule has 0 spiro atoms. The number of hydrogen-bond donors (Lipinski definition) is 2. The molecular formula is C11H15NO2. The van der Waals surface area contributed by atoms with Gasteiger partial charge in [0.05, 0.1) is 0 Å². The summed E-state index contributed by atoms with van der Waals surface area (Å²) in [7, 11) is 0. The zero-order valence-electron chi connectivity index (χ0n) is 8.45. The Morgan fingerprint density at radius 2 is 2.07 bits per heavy atom. The molecule has 0 bridgehead atoms. The van der Waals surface area contributed by atoms with Gasteiger partial charge in [-0.25, -0.2) is 0 Å². The van der Waals surface area contributed by atoms with Crippen LogP contribution < -0.4 is 5.73 Å². The van der Waals surface area contributed by atoms with Crippen molar-refractivity contribution in [1.82, 2.24) is 0 Å². The fourth-order valence-corrected chi connectivity index (χ4v) is 1.19. The zero-order valence-corrected chi connectivity index (χ0v) is 8.45. The third-order valence-corrected chi connectivity index (χ3v) is 2.32. The molecule has 1 atom stereocenters. The van der Waals surface area contributed by atoms with Crippen molar-refractivity contribution in [3.63, 3.8) is 0 Å². The Morgan fingerprint density at radius 1 is 1.43 bits per heavy atom. The summed E-state index contributed by atoms with van der Waals surface area (Å²) in [5.41, 5.74) is 7.90. The minimum Gasteiger partial charge on any atom is -0.384 e. The molecule has 0 aliphatic heterocycles. The molecule has 0 radical (unpaired) electrons. The van der Waals surface area contributed by atoms with Gasteiger partial charge in [0, 0.05) is 12.1 Å². The number of carbonyl (C=O) groups is 1. The second-order valence-corrected chi connectivity index (χ2v) is 3.41. The van der Waals surface area contributed by atoms with Crippen molar-refractivity contribution in [2.45, 2.75) is 20.0 Å². The Morgan fingerprint density at radius 3 is 2.57 bits per heavy atom. The molecule has 1 aromatic rings. The van der Waals surface area contributed by atoms with Gasteiger partial charge < -0.3 is 10.8 Å². The molecule has 1 aromatic carbocycles. The average molecular weight is 193 g/mol. The molecule has 3 nitrogen and oxygen atoms in total. The third-order valence-electron chi connectivity index (χ3n) is 2.32. The minimum absolute atomic E-state index is 0.0360. The number of ketones is 1. The Hall–Kier alpha value is -1.19. The first-order valence-electron chi connectivity index (χ1n) is 4.56. The predicted molar refractivity (Wildman–Crippen MR) is 55.3 cm³/mol. The molecule has 3 heteroatoms. The van der Waals surface area contributed by atoms with Crippen LogP contribution in [0, 0.1) is 13.8 Å². The molecule has 0 saturated carbocycles. The number of hydrogen-bond acceptors (Lipinski definition) is 3. The van der Waals surface area contributed by atoms with Crippen molar-refractivity contribution >= 4 is 5.78 Å². The molecule has 3 N–H and O–H groups in total. The van der Waals surface area contributed by atoms with Crippen LogP contribution in [0.4, 0.5) is 0 Å². The van der Waals surface area contributed by atoms with Crippen LogP contribution in [0.15, 0.2) is 18.2 Å². The Labute approximate surface area is 83.6 Å². The van der Waals surface area contributed by atoms with Crippen LogP contribution in [0.2, 0.25) is 0 Å². The summed E-state index contributed by atoms with van der Waals surface area (Å²) in [5.74, 6) is -0.310. The predicted octanol–water partition coefficient (Wildman–Crippen LogP) is 0.806. The molecule has 14 heavy (non-hydrogen) atoms. The highest BCUT2D eigenvalue weighted by atomic mass is 16.3. The topological polar surface area (TPSA) is 63.3 Å². The van der Waals surface area contributed by atoms with E-state index in [4.69, 9.17) is 5.73 Å². The number of aliphatic hydroxyl groups is 1. The number of aliphatic hydroxyl groups excluding tert-OH is 1. The molecule has 0 aliphatic carbocycles. The molecule has 0 amide bonds. The summed E-state index contributed by atoms with van der Waals surface area (Å²) in [4.78, 5) is 11.5. The number of nitrogens with two attached hydrogens (primary N) is 1. The van der Waals surface area contributed by atoms with Crippen molar-refractivity contribution < 1.29 is 9.90 Å². The molecule has 1 unspecified atom stereocenters. The van der Waals surface area contributed by atoms with E-state index in [1.165, 1.54) is 0 Å². The molecule has 1 rings (SSSR count). The number of rotatable bonds is 3. The maximum atomic E-state index is 11.5. The van der Waals surface area contributed by atoms with E-state index in [0.717, 1.165) is 11.1 Å². The fourth-order valence-electron chi connectivity index (χ4n) is 1.19. The molecule has 0 aromatic heterocycles. The van der Waals surface area contributed by atoms with Crippen LogP contribution in [0.1, 0.15) is 21.5 Å². The summed E-state index contributed by atoms with van der Waals surface area (Å²) >= 11 is 0.